The summed E-state index contributed by atoms with van der Waals surface area (Å²) in [6, 6.07) is 17.0. The highest BCUT2D eigenvalue weighted by Crippen LogP contribution is 2.40. The zero-order valence-corrected chi connectivity index (χ0v) is 16.8. The van der Waals surface area contributed by atoms with E-state index in [1.54, 1.807) is 6.07 Å². The van der Waals surface area contributed by atoms with Crippen molar-refractivity contribution in [2.75, 3.05) is 5.32 Å². The van der Waals surface area contributed by atoms with Crippen LogP contribution < -0.4 is 10.1 Å². The Labute approximate surface area is 181 Å². The number of carbonyl (C=O) groups excluding carboxylic acids is 1. The lowest BCUT2D eigenvalue weighted by molar-refractivity contribution is -0.122. The molecule has 0 aromatic heterocycles. The molecule has 0 saturated carbocycles. The third kappa shape index (κ3) is 5.51. The first-order chi connectivity index (χ1) is 15.2. The molecule has 166 valence electrons. The van der Waals surface area contributed by atoms with Gasteiger partial charge in [-0.25, -0.2) is 8.78 Å². The highest BCUT2D eigenvalue weighted by molar-refractivity contribution is 5.94. The van der Waals surface area contributed by atoms with E-state index >= 15 is 0 Å². The quantitative estimate of drug-likeness (QED) is 0.340. The van der Waals surface area contributed by atoms with Gasteiger partial charge >= 0.3 is 6.18 Å². The number of hydrogen-bond donors (Lipinski definition) is 1. The number of halogens is 5. The molecule has 1 atom stereocenters. The second-order valence-electron chi connectivity index (χ2n) is 6.81. The van der Waals surface area contributed by atoms with Crippen LogP contribution in [0.15, 0.2) is 78.9 Å². The maximum absolute atomic E-state index is 14.8. The van der Waals surface area contributed by atoms with Crippen LogP contribution in [0.25, 0.3) is 11.4 Å². The number of amides is 1. The fraction of sp³-hybridized carbons (Fsp3) is 0.125. The van der Waals surface area contributed by atoms with E-state index in [1.807, 2.05) is 0 Å². The molecule has 0 bridgehead atoms. The molecule has 8 heteroatoms. The van der Waals surface area contributed by atoms with Gasteiger partial charge in [0.15, 0.2) is 6.10 Å². The SMILES string of the molecule is C[C@@H](Oc1ccc(C(F)=C(c2ccccc2)C(F)(F)F)cc1)C(=O)Nc1ccccc1F. The van der Waals surface area contributed by atoms with Crippen LogP contribution in [0.2, 0.25) is 0 Å². The monoisotopic (exact) mass is 447 g/mol. The second-order valence-corrected chi connectivity index (χ2v) is 6.81. The first-order valence-corrected chi connectivity index (χ1v) is 9.51. The number of allylic oxidation sites excluding steroid dienone is 1. The average molecular weight is 447 g/mol. The summed E-state index contributed by atoms with van der Waals surface area (Å²) < 4.78 is 74.4. The Hall–Kier alpha value is -3.68. The van der Waals surface area contributed by atoms with Gasteiger partial charge in [-0.3, -0.25) is 4.79 Å². The minimum Gasteiger partial charge on any atom is -0.481 e. The number of nitrogens with one attached hydrogen (secondary N) is 1. The molecule has 1 amide bonds. The Kier molecular flexibility index (Phi) is 6.92. The first-order valence-electron chi connectivity index (χ1n) is 9.51. The summed E-state index contributed by atoms with van der Waals surface area (Å²) in [5.41, 5.74) is -1.99. The topological polar surface area (TPSA) is 38.3 Å². The molecule has 0 radical (unpaired) electrons. The van der Waals surface area contributed by atoms with E-state index < -0.39 is 35.4 Å². The van der Waals surface area contributed by atoms with Crippen LogP contribution in [0.3, 0.4) is 0 Å². The van der Waals surface area contributed by atoms with Crippen molar-refractivity contribution in [3.63, 3.8) is 0 Å². The van der Waals surface area contributed by atoms with E-state index in [0.29, 0.717) is 0 Å². The van der Waals surface area contributed by atoms with Crippen molar-refractivity contribution in [3.05, 3.63) is 95.8 Å². The number of benzene rings is 3. The molecule has 3 nitrogen and oxygen atoms in total. The normalized spacial score (nSPS) is 13.2. The van der Waals surface area contributed by atoms with Crippen molar-refractivity contribution in [3.8, 4) is 5.75 Å². The Morgan fingerprint density at radius 1 is 0.875 bits per heavy atom. The minimum atomic E-state index is -4.90. The summed E-state index contributed by atoms with van der Waals surface area (Å²) in [6.07, 6.45) is -5.95. The highest BCUT2D eigenvalue weighted by Gasteiger charge is 2.38. The van der Waals surface area contributed by atoms with E-state index in [2.05, 4.69) is 5.32 Å². The molecule has 32 heavy (non-hydrogen) atoms. The number of para-hydroxylation sites is 1. The number of hydrogen-bond acceptors (Lipinski definition) is 2. The van der Waals surface area contributed by atoms with E-state index in [4.69, 9.17) is 4.74 Å². The van der Waals surface area contributed by atoms with Crippen LogP contribution in [-0.2, 0) is 4.79 Å². The van der Waals surface area contributed by atoms with Crippen molar-refractivity contribution in [2.24, 2.45) is 0 Å². The molecule has 0 heterocycles. The van der Waals surface area contributed by atoms with Crippen LogP contribution in [-0.4, -0.2) is 18.2 Å². The van der Waals surface area contributed by atoms with Crippen molar-refractivity contribution in [1.82, 2.24) is 0 Å². The summed E-state index contributed by atoms with van der Waals surface area (Å²) in [5, 5.41) is 2.38. The maximum Gasteiger partial charge on any atom is 0.419 e. The van der Waals surface area contributed by atoms with Crippen LogP contribution in [0.1, 0.15) is 18.1 Å². The van der Waals surface area contributed by atoms with Crippen molar-refractivity contribution in [1.29, 1.82) is 0 Å². The molecule has 3 aromatic rings. The molecule has 1 N–H and O–H groups in total. The standard InChI is InChI=1S/C24H18F5NO2/c1-15(23(31)30-20-10-6-5-9-19(20)25)32-18-13-11-17(12-14-18)22(26)21(24(27,28)29)16-7-3-2-4-8-16/h2-15H,1H3,(H,30,31)/t15-/m1/s1. The molecule has 0 saturated heterocycles. The number of anilines is 1. The number of ether oxygens (including phenoxy) is 1. The summed E-state index contributed by atoms with van der Waals surface area (Å²) in [4.78, 5) is 12.2. The third-order valence-corrected chi connectivity index (χ3v) is 4.49. The predicted molar refractivity (Wildman–Crippen MR) is 112 cm³/mol. The smallest absolute Gasteiger partial charge is 0.419 e. The molecule has 3 aromatic carbocycles. The Balaban J connectivity index is 1.77. The van der Waals surface area contributed by atoms with Gasteiger partial charge in [-0.05, 0) is 48.9 Å². The Morgan fingerprint density at radius 2 is 1.47 bits per heavy atom. The Morgan fingerprint density at radius 3 is 2.06 bits per heavy atom. The summed E-state index contributed by atoms with van der Waals surface area (Å²) in [6.45, 7) is 1.42. The van der Waals surface area contributed by atoms with Gasteiger partial charge in [0.1, 0.15) is 17.4 Å². The van der Waals surface area contributed by atoms with Crippen LogP contribution in [0, 0.1) is 5.82 Å². The average Bonchev–Trinajstić information content (AvgIpc) is 2.75. The number of alkyl halides is 3. The maximum atomic E-state index is 14.8. The molecule has 3 rings (SSSR count). The molecule has 0 spiro atoms. The number of carbonyl (C=O) groups is 1. The fourth-order valence-electron chi connectivity index (χ4n) is 2.90. The van der Waals surface area contributed by atoms with E-state index in [-0.39, 0.29) is 22.6 Å². The zero-order chi connectivity index (χ0) is 23.3. The van der Waals surface area contributed by atoms with Crippen LogP contribution >= 0.6 is 0 Å². The first kappa shape index (κ1) is 23.0. The minimum absolute atomic E-state index is 0.0175. The van der Waals surface area contributed by atoms with E-state index in [0.717, 1.165) is 12.1 Å². The second kappa shape index (κ2) is 9.64. The van der Waals surface area contributed by atoms with Gasteiger partial charge in [-0.15, -0.1) is 0 Å². The van der Waals surface area contributed by atoms with Gasteiger partial charge < -0.3 is 10.1 Å². The largest absolute Gasteiger partial charge is 0.481 e. The lowest BCUT2D eigenvalue weighted by Crippen LogP contribution is -2.30. The third-order valence-electron chi connectivity index (χ3n) is 4.49. The molecule has 0 unspecified atom stereocenters. The van der Waals surface area contributed by atoms with Crippen molar-refractivity contribution >= 4 is 23.0 Å². The molecular formula is C24H18F5NO2. The van der Waals surface area contributed by atoms with Crippen LogP contribution in [0.4, 0.5) is 27.6 Å². The van der Waals surface area contributed by atoms with Crippen molar-refractivity contribution in [2.45, 2.75) is 19.2 Å². The molecule has 0 aliphatic carbocycles. The lowest BCUT2D eigenvalue weighted by Gasteiger charge is -2.16. The summed E-state index contributed by atoms with van der Waals surface area (Å²) >= 11 is 0. The zero-order valence-electron chi connectivity index (χ0n) is 16.8. The van der Waals surface area contributed by atoms with Gasteiger partial charge in [0, 0.05) is 5.56 Å². The van der Waals surface area contributed by atoms with Gasteiger partial charge in [0.2, 0.25) is 0 Å². The summed E-state index contributed by atoms with van der Waals surface area (Å²) in [5.74, 6) is -2.54. The van der Waals surface area contributed by atoms with Crippen LogP contribution in [0.5, 0.6) is 5.75 Å². The fourth-order valence-corrected chi connectivity index (χ4v) is 2.90. The number of rotatable bonds is 6. The molecule has 0 aliphatic rings. The Bertz CT molecular complexity index is 1110. The van der Waals surface area contributed by atoms with E-state index in [1.165, 1.54) is 67.6 Å². The molecule has 0 fully saturated rings. The summed E-state index contributed by atoms with van der Waals surface area (Å²) in [7, 11) is 0. The van der Waals surface area contributed by atoms with Gasteiger partial charge in [-0.1, -0.05) is 42.5 Å². The van der Waals surface area contributed by atoms with E-state index in [9.17, 15) is 26.7 Å². The van der Waals surface area contributed by atoms with Gasteiger partial charge in [0.05, 0.1) is 11.3 Å². The van der Waals surface area contributed by atoms with Gasteiger partial charge in [0.25, 0.3) is 5.91 Å². The predicted octanol–water partition coefficient (Wildman–Crippen LogP) is 6.63. The molecule has 0 aliphatic heterocycles. The lowest BCUT2D eigenvalue weighted by atomic mass is 10.0. The highest BCUT2D eigenvalue weighted by atomic mass is 19.4. The van der Waals surface area contributed by atoms with Gasteiger partial charge in [-0.2, -0.15) is 13.2 Å². The molecular weight excluding hydrogens is 429 g/mol. The van der Waals surface area contributed by atoms with Crippen molar-refractivity contribution < 1.29 is 31.5 Å².